The van der Waals surface area contributed by atoms with Gasteiger partial charge in [0.2, 0.25) is 0 Å². The standard InChI is InChI=1S/C23H13N11/c1-13-27-32-23-21(20(19(11-25)33(13)23)14-5-3-2-4-6-14)30-28-16-7-8-17-18(9-16)34-22(31-29-17)15(10-24)12-26-34/h2-9,12,32H,1H3. The van der Waals surface area contributed by atoms with Crippen LogP contribution < -0.4 is 0 Å². The molecule has 0 bridgehead atoms. The lowest BCUT2D eigenvalue weighted by atomic mass is 10.1. The van der Waals surface area contributed by atoms with E-state index in [9.17, 15) is 10.5 Å². The van der Waals surface area contributed by atoms with Gasteiger partial charge in [0, 0.05) is 5.56 Å². The van der Waals surface area contributed by atoms with Gasteiger partial charge in [-0.3, -0.25) is 9.50 Å². The second-order valence-corrected chi connectivity index (χ2v) is 7.48. The van der Waals surface area contributed by atoms with Crippen molar-refractivity contribution in [3.63, 3.8) is 0 Å². The van der Waals surface area contributed by atoms with Gasteiger partial charge < -0.3 is 0 Å². The Morgan fingerprint density at radius 1 is 1.00 bits per heavy atom. The van der Waals surface area contributed by atoms with Crippen LogP contribution in [0.3, 0.4) is 0 Å². The highest BCUT2D eigenvalue weighted by atomic mass is 15.3. The summed E-state index contributed by atoms with van der Waals surface area (Å²) in [6.07, 6.45) is 1.45. The van der Waals surface area contributed by atoms with Gasteiger partial charge >= 0.3 is 0 Å². The molecule has 0 amide bonds. The first-order chi connectivity index (χ1) is 16.7. The van der Waals surface area contributed by atoms with Crippen molar-refractivity contribution in [1.82, 2.24) is 34.4 Å². The Labute approximate surface area is 191 Å². The van der Waals surface area contributed by atoms with E-state index in [4.69, 9.17) is 0 Å². The number of aryl methyl sites for hydroxylation is 1. The lowest BCUT2D eigenvalue weighted by Gasteiger charge is -2.02. The van der Waals surface area contributed by atoms with E-state index in [0.717, 1.165) is 5.56 Å². The lowest BCUT2D eigenvalue weighted by molar-refractivity contribution is 0.942. The number of fused-ring (bicyclic) bond motifs is 4. The number of rotatable bonds is 3. The van der Waals surface area contributed by atoms with E-state index in [1.54, 1.807) is 27.1 Å². The maximum absolute atomic E-state index is 9.93. The van der Waals surface area contributed by atoms with Gasteiger partial charge in [0.1, 0.15) is 40.4 Å². The fourth-order valence-corrected chi connectivity index (χ4v) is 3.98. The Bertz CT molecular complexity index is 1840. The number of hydrogen-bond acceptors (Lipinski definition) is 8. The number of aromatic amines is 1. The summed E-state index contributed by atoms with van der Waals surface area (Å²) in [5.41, 5.74) is 5.53. The second kappa shape index (κ2) is 7.32. The number of nitrogens with one attached hydrogen (secondary N) is 1. The largest absolute Gasteiger partial charge is 0.269 e. The van der Waals surface area contributed by atoms with Crippen LogP contribution in [0.2, 0.25) is 0 Å². The lowest BCUT2D eigenvalue weighted by Crippen LogP contribution is -1.96. The van der Waals surface area contributed by atoms with Gasteiger partial charge in [-0.2, -0.15) is 25.8 Å². The molecule has 0 atom stereocenters. The first-order valence-corrected chi connectivity index (χ1v) is 10.2. The molecule has 1 N–H and O–H groups in total. The molecule has 0 saturated carbocycles. The average molecular weight is 443 g/mol. The van der Waals surface area contributed by atoms with Gasteiger partial charge in [-0.25, -0.2) is 4.52 Å². The van der Waals surface area contributed by atoms with Crippen molar-refractivity contribution >= 4 is 33.7 Å². The molecular weight excluding hydrogens is 430 g/mol. The third-order valence-electron chi connectivity index (χ3n) is 5.53. The molecule has 2 aromatic carbocycles. The minimum atomic E-state index is 0.337. The van der Waals surface area contributed by atoms with Crippen LogP contribution in [-0.4, -0.2) is 34.4 Å². The Kier molecular flexibility index (Phi) is 4.15. The minimum absolute atomic E-state index is 0.337. The number of benzene rings is 2. The zero-order valence-corrected chi connectivity index (χ0v) is 17.7. The summed E-state index contributed by atoms with van der Waals surface area (Å²) in [6.45, 7) is 1.81. The van der Waals surface area contributed by atoms with Crippen LogP contribution in [0.5, 0.6) is 0 Å². The van der Waals surface area contributed by atoms with Crippen molar-refractivity contribution in [3.05, 3.63) is 71.8 Å². The van der Waals surface area contributed by atoms with E-state index in [-0.39, 0.29) is 0 Å². The maximum Gasteiger partial charge on any atom is 0.195 e. The molecule has 0 unspecified atom stereocenters. The molecule has 4 heterocycles. The van der Waals surface area contributed by atoms with Crippen LogP contribution in [-0.2, 0) is 0 Å². The van der Waals surface area contributed by atoms with Crippen molar-refractivity contribution in [2.24, 2.45) is 10.2 Å². The summed E-state index contributed by atoms with van der Waals surface area (Å²) in [7, 11) is 0. The molecule has 0 aliphatic carbocycles. The minimum Gasteiger partial charge on any atom is -0.269 e. The second-order valence-electron chi connectivity index (χ2n) is 7.48. The topological polar surface area (TPSA) is 148 Å². The fourth-order valence-electron chi connectivity index (χ4n) is 3.98. The van der Waals surface area contributed by atoms with Crippen molar-refractivity contribution in [2.75, 3.05) is 0 Å². The van der Waals surface area contributed by atoms with E-state index >= 15 is 0 Å². The van der Waals surface area contributed by atoms with Gasteiger partial charge in [-0.05, 0) is 30.7 Å². The average Bonchev–Trinajstić information content (AvgIpc) is 3.56. The van der Waals surface area contributed by atoms with Crippen molar-refractivity contribution in [1.29, 1.82) is 10.5 Å². The van der Waals surface area contributed by atoms with Gasteiger partial charge in [-0.1, -0.05) is 30.3 Å². The number of H-pyrrole nitrogens is 1. The van der Waals surface area contributed by atoms with Crippen LogP contribution in [0, 0.1) is 29.6 Å². The van der Waals surface area contributed by atoms with Gasteiger partial charge in [-0.15, -0.1) is 15.3 Å². The Morgan fingerprint density at radius 3 is 2.65 bits per heavy atom. The Balaban J connectivity index is 1.54. The van der Waals surface area contributed by atoms with Crippen molar-refractivity contribution in [2.45, 2.75) is 6.92 Å². The third-order valence-corrected chi connectivity index (χ3v) is 5.53. The SMILES string of the molecule is Cc1n[nH]c2c(N=Nc3ccc4nnc5c(C#N)cnn5c4c3)c(-c3ccccc3)c(C#N)n12. The van der Waals surface area contributed by atoms with Crippen LogP contribution in [0.4, 0.5) is 11.4 Å². The zero-order chi connectivity index (χ0) is 23.2. The van der Waals surface area contributed by atoms with Crippen LogP contribution >= 0.6 is 0 Å². The molecule has 0 saturated heterocycles. The Hall–Kier alpha value is -5.42. The number of azo groups is 1. The van der Waals surface area contributed by atoms with E-state index in [1.165, 1.54) is 6.20 Å². The van der Waals surface area contributed by atoms with Crippen LogP contribution in [0.25, 0.3) is 33.5 Å². The first-order valence-electron chi connectivity index (χ1n) is 10.2. The van der Waals surface area contributed by atoms with Gasteiger partial charge in [0.25, 0.3) is 0 Å². The molecule has 0 aliphatic heterocycles. The van der Waals surface area contributed by atoms with E-state index in [2.05, 4.69) is 47.9 Å². The molecule has 0 spiro atoms. The predicted molar refractivity (Wildman–Crippen MR) is 122 cm³/mol. The Morgan fingerprint density at radius 2 is 1.85 bits per heavy atom. The summed E-state index contributed by atoms with van der Waals surface area (Å²) in [5.74, 6) is 0.642. The van der Waals surface area contributed by atoms with Crippen LogP contribution in [0.15, 0.2) is 65.0 Å². The predicted octanol–water partition coefficient (Wildman–Crippen LogP) is 4.39. The quantitative estimate of drug-likeness (QED) is 0.401. The van der Waals surface area contributed by atoms with Crippen LogP contribution in [0.1, 0.15) is 17.1 Å². The van der Waals surface area contributed by atoms with E-state index in [0.29, 0.717) is 56.3 Å². The summed E-state index contributed by atoms with van der Waals surface area (Å²) < 4.78 is 3.29. The van der Waals surface area contributed by atoms with Crippen molar-refractivity contribution < 1.29 is 0 Å². The van der Waals surface area contributed by atoms with E-state index in [1.807, 2.05) is 37.3 Å². The monoisotopic (exact) mass is 443 g/mol. The van der Waals surface area contributed by atoms with Gasteiger partial charge in [0.05, 0.1) is 17.4 Å². The summed E-state index contributed by atoms with van der Waals surface area (Å²) >= 11 is 0. The molecule has 6 aromatic rings. The first kappa shape index (κ1) is 19.3. The number of nitriles is 2. The maximum atomic E-state index is 9.93. The van der Waals surface area contributed by atoms with E-state index < -0.39 is 0 Å². The highest BCUT2D eigenvalue weighted by Gasteiger charge is 2.23. The highest BCUT2D eigenvalue weighted by Crippen LogP contribution is 2.40. The molecule has 160 valence electrons. The molecule has 4 aromatic heterocycles. The molecule has 11 heteroatoms. The van der Waals surface area contributed by atoms with Crippen molar-refractivity contribution in [3.8, 4) is 23.3 Å². The van der Waals surface area contributed by atoms with Gasteiger partial charge in [0.15, 0.2) is 11.3 Å². The molecule has 0 aliphatic rings. The molecule has 11 nitrogen and oxygen atoms in total. The zero-order valence-electron chi connectivity index (χ0n) is 17.7. The third kappa shape index (κ3) is 2.75. The summed E-state index contributed by atoms with van der Waals surface area (Å²) in [4.78, 5) is 0. The number of hydrogen-bond donors (Lipinski definition) is 1. The molecule has 0 fully saturated rings. The fraction of sp³-hybridized carbons (Fsp3) is 0.0435. The molecule has 0 radical (unpaired) electrons. The number of aromatic nitrogens is 7. The molecular formula is C23H13N11. The summed E-state index contributed by atoms with van der Waals surface area (Å²) in [5, 5.41) is 47.9. The number of nitrogens with zero attached hydrogens (tertiary/aromatic N) is 10. The molecule has 6 rings (SSSR count). The summed E-state index contributed by atoms with van der Waals surface area (Å²) in [6, 6.07) is 19.2. The normalized spacial score (nSPS) is 11.5. The smallest absolute Gasteiger partial charge is 0.195 e. The molecule has 34 heavy (non-hydrogen) atoms. The highest BCUT2D eigenvalue weighted by molar-refractivity contribution is 5.90.